The minimum atomic E-state index is 0.0927. The Bertz CT molecular complexity index is 630. The van der Waals surface area contributed by atoms with Gasteiger partial charge >= 0.3 is 0 Å². The quantitative estimate of drug-likeness (QED) is 0.791. The molecule has 2 aromatic carbocycles. The highest BCUT2D eigenvalue weighted by Gasteiger charge is 2.14. The number of ether oxygens (including phenoxy) is 1. The first-order valence-electron chi connectivity index (χ1n) is 6.92. The molecular formula is C17H19BrClNO. The van der Waals surface area contributed by atoms with Gasteiger partial charge in [0.05, 0.1) is 17.1 Å². The van der Waals surface area contributed by atoms with E-state index in [4.69, 9.17) is 16.3 Å². The molecule has 0 aromatic heterocycles. The van der Waals surface area contributed by atoms with Crippen molar-refractivity contribution in [3.05, 3.63) is 62.6 Å². The molecule has 0 bridgehead atoms. The highest BCUT2D eigenvalue weighted by molar-refractivity contribution is 9.10. The Morgan fingerprint density at radius 3 is 2.43 bits per heavy atom. The lowest BCUT2D eigenvalue weighted by Gasteiger charge is -2.19. The maximum Gasteiger partial charge on any atom is 0.133 e. The van der Waals surface area contributed by atoms with Gasteiger partial charge in [0.25, 0.3) is 0 Å². The molecule has 0 aliphatic rings. The Hall–Kier alpha value is -1.03. The van der Waals surface area contributed by atoms with Gasteiger partial charge in [0.1, 0.15) is 5.75 Å². The maximum absolute atomic E-state index is 6.24. The van der Waals surface area contributed by atoms with E-state index in [1.165, 1.54) is 0 Å². The summed E-state index contributed by atoms with van der Waals surface area (Å²) in [5.74, 6) is 0.859. The van der Waals surface area contributed by atoms with Crippen molar-refractivity contribution in [2.75, 3.05) is 13.7 Å². The van der Waals surface area contributed by atoms with Crippen molar-refractivity contribution in [2.45, 2.75) is 19.9 Å². The first-order chi connectivity index (χ1) is 10.1. The first kappa shape index (κ1) is 16.3. The molecule has 4 heteroatoms. The number of hydrogen-bond acceptors (Lipinski definition) is 2. The van der Waals surface area contributed by atoms with Gasteiger partial charge in [0.2, 0.25) is 0 Å². The summed E-state index contributed by atoms with van der Waals surface area (Å²) in [6.45, 7) is 4.64. The smallest absolute Gasteiger partial charge is 0.133 e. The summed E-state index contributed by atoms with van der Waals surface area (Å²) in [5.41, 5.74) is 3.39. The van der Waals surface area contributed by atoms with Crippen molar-refractivity contribution in [2.24, 2.45) is 0 Å². The zero-order valence-corrected chi connectivity index (χ0v) is 14.8. The van der Waals surface area contributed by atoms with Gasteiger partial charge in [-0.3, -0.25) is 0 Å². The minimum absolute atomic E-state index is 0.0927. The Kier molecular flexibility index (Phi) is 5.68. The lowest BCUT2D eigenvalue weighted by molar-refractivity contribution is 0.338. The van der Waals surface area contributed by atoms with Gasteiger partial charge in [-0.25, -0.2) is 0 Å². The van der Waals surface area contributed by atoms with Crippen molar-refractivity contribution >= 4 is 27.5 Å². The van der Waals surface area contributed by atoms with Gasteiger partial charge in [-0.15, -0.1) is 0 Å². The third-order valence-electron chi connectivity index (χ3n) is 3.41. The summed E-state index contributed by atoms with van der Waals surface area (Å²) in [7, 11) is 1.95. The van der Waals surface area contributed by atoms with E-state index in [1.54, 1.807) is 0 Å². The predicted molar refractivity (Wildman–Crippen MR) is 92.4 cm³/mol. The standard InChI is InChI=1S/C17H19BrClNO/c1-4-21-16-8-7-12(9-14(16)18)17(20-3)13-6-5-11(2)15(19)10-13/h5-10,17,20H,4H2,1-3H3. The van der Waals surface area contributed by atoms with Gasteiger partial charge < -0.3 is 10.1 Å². The van der Waals surface area contributed by atoms with E-state index in [1.807, 2.05) is 39.1 Å². The average molecular weight is 369 g/mol. The predicted octanol–water partition coefficient (Wildman–Crippen LogP) is 5.12. The van der Waals surface area contributed by atoms with Crippen molar-refractivity contribution in [3.63, 3.8) is 0 Å². The van der Waals surface area contributed by atoms with Crippen LogP contribution in [0.4, 0.5) is 0 Å². The summed E-state index contributed by atoms with van der Waals surface area (Å²) in [4.78, 5) is 0. The third kappa shape index (κ3) is 3.79. The summed E-state index contributed by atoms with van der Waals surface area (Å²) in [6, 6.07) is 12.4. The van der Waals surface area contributed by atoms with Crippen LogP contribution in [0.15, 0.2) is 40.9 Å². The Labute approximate surface area is 139 Å². The van der Waals surface area contributed by atoms with E-state index in [9.17, 15) is 0 Å². The molecule has 0 radical (unpaired) electrons. The molecule has 0 saturated carbocycles. The fraction of sp³-hybridized carbons (Fsp3) is 0.294. The zero-order valence-electron chi connectivity index (χ0n) is 12.4. The molecular weight excluding hydrogens is 350 g/mol. The third-order valence-corrected chi connectivity index (χ3v) is 4.43. The summed E-state index contributed by atoms with van der Waals surface area (Å²) < 4.78 is 6.52. The molecule has 0 heterocycles. The number of hydrogen-bond donors (Lipinski definition) is 1. The molecule has 2 aromatic rings. The summed E-state index contributed by atoms with van der Waals surface area (Å²) >= 11 is 9.81. The van der Waals surface area contributed by atoms with E-state index >= 15 is 0 Å². The largest absolute Gasteiger partial charge is 0.493 e. The molecule has 1 atom stereocenters. The summed E-state index contributed by atoms with van der Waals surface area (Å²) in [5, 5.41) is 4.13. The van der Waals surface area contributed by atoms with Crippen molar-refractivity contribution in [1.29, 1.82) is 0 Å². The van der Waals surface area contributed by atoms with Crippen molar-refractivity contribution in [1.82, 2.24) is 5.32 Å². The van der Waals surface area contributed by atoms with E-state index in [0.29, 0.717) is 6.61 Å². The molecule has 0 amide bonds. The van der Waals surface area contributed by atoms with E-state index in [2.05, 4.69) is 39.4 Å². The van der Waals surface area contributed by atoms with E-state index in [0.717, 1.165) is 31.9 Å². The monoisotopic (exact) mass is 367 g/mol. The number of aryl methyl sites for hydroxylation is 1. The van der Waals surface area contributed by atoms with Crippen LogP contribution in [0.5, 0.6) is 5.75 Å². The van der Waals surface area contributed by atoms with Gasteiger partial charge in [-0.2, -0.15) is 0 Å². The Morgan fingerprint density at radius 1 is 1.19 bits per heavy atom. The zero-order chi connectivity index (χ0) is 15.4. The van der Waals surface area contributed by atoms with Crippen molar-refractivity contribution < 1.29 is 4.74 Å². The van der Waals surface area contributed by atoms with Crippen LogP contribution >= 0.6 is 27.5 Å². The second-order valence-corrected chi connectivity index (χ2v) is 6.11. The van der Waals surface area contributed by atoms with Gasteiger partial charge in [0.15, 0.2) is 0 Å². The number of nitrogens with one attached hydrogen (secondary N) is 1. The van der Waals surface area contributed by atoms with Crippen LogP contribution in [0.25, 0.3) is 0 Å². The molecule has 21 heavy (non-hydrogen) atoms. The van der Waals surface area contributed by atoms with Gasteiger partial charge in [0, 0.05) is 5.02 Å². The number of halogens is 2. The first-order valence-corrected chi connectivity index (χ1v) is 8.09. The van der Waals surface area contributed by atoms with Crippen LogP contribution in [0.3, 0.4) is 0 Å². The normalized spacial score (nSPS) is 12.2. The molecule has 2 rings (SSSR count). The highest BCUT2D eigenvalue weighted by atomic mass is 79.9. The topological polar surface area (TPSA) is 21.3 Å². The summed E-state index contributed by atoms with van der Waals surface area (Å²) in [6.07, 6.45) is 0. The molecule has 112 valence electrons. The van der Waals surface area contributed by atoms with Crippen LogP contribution in [0.1, 0.15) is 29.7 Å². The highest BCUT2D eigenvalue weighted by Crippen LogP contribution is 2.32. The molecule has 0 aliphatic heterocycles. The van der Waals surface area contributed by atoms with Crippen LogP contribution in [0.2, 0.25) is 5.02 Å². The van der Waals surface area contributed by atoms with Crippen LogP contribution in [-0.4, -0.2) is 13.7 Å². The van der Waals surface area contributed by atoms with E-state index in [-0.39, 0.29) is 6.04 Å². The SMILES string of the molecule is CCOc1ccc(C(NC)c2ccc(C)c(Cl)c2)cc1Br. The molecule has 0 saturated heterocycles. The van der Waals surface area contributed by atoms with E-state index < -0.39 is 0 Å². The molecule has 2 nitrogen and oxygen atoms in total. The lowest BCUT2D eigenvalue weighted by atomic mass is 9.98. The molecule has 0 spiro atoms. The fourth-order valence-corrected chi connectivity index (χ4v) is 2.98. The molecule has 1 N–H and O–H groups in total. The Morgan fingerprint density at radius 2 is 1.86 bits per heavy atom. The number of rotatable bonds is 5. The number of benzene rings is 2. The van der Waals surface area contributed by atoms with Crippen LogP contribution in [0, 0.1) is 6.92 Å². The van der Waals surface area contributed by atoms with Crippen molar-refractivity contribution in [3.8, 4) is 5.75 Å². The fourth-order valence-electron chi connectivity index (χ4n) is 2.28. The second kappa shape index (κ2) is 7.30. The Balaban J connectivity index is 2.36. The molecule has 0 aliphatic carbocycles. The van der Waals surface area contributed by atoms with Crippen LogP contribution < -0.4 is 10.1 Å². The minimum Gasteiger partial charge on any atom is -0.493 e. The van der Waals surface area contributed by atoms with Gasteiger partial charge in [-0.1, -0.05) is 29.8 Å². The van der Waals surface area contributed by atoms with Gasteiger partial charge in [-0.05, 0) is 71.7 Å². The second-order valence-electron chi connectivity index (χ2n) is 4.85. The molecule has 0 fully saturated rings. The molecule has 1 unspecified atom stereocenters. The average Bonchev–Trinajstić information content (AvgIpc) is 2.46. The van der Waals surface area contributed by atoms with Crippen LogP contribution in [-0.2, 0) is 0 Å². The maximum atomic E-state index is 6.24. The lowest BCUT2D eigenvalue weighted by Crippen LogP contribution is -2.17.